The van der Waals surface area contributed by atoms with Gasteiger partial charge in [0, 0.05) is 5.92 Å². The first kappa shape index (κ1) is 18.6. The molecular formula is C22H26FNO2. The van der Waals surface area contributed by atoms with Crippen LogP contribution in [0, 0.1) is 0 Å². The highest BCUT2D eigenvalue weighted by molar-refractivity contribution is 5.76. The van der Waals surface area contributed by atoms with Crippen molar-refractivity contribution in [1.29, 1.82) is 0 Å². The third-order valence-corrected chi connectivity index (χ3v) is 4.96. The van der Waals surface area contributed by atoms with Gasteiger partial charge in [0.25, 0.3) is 0 Å². The zero-order valence-corrected chi connectivity index (χ0v) is 14.9. The summed E-state index contributed by atoms with van der Waals surface area (Å²) in [5.41, 5.74) is 1.99. The standard InChI is InChI=1S/C22H26FNO2/c23-21(22(25)26-19-13-15-24-16-14-19)20(18-9-5-2-6-10-18)12-11-17-7-3-1-4-8-17/h1-10,19-21,24H,11-16H2. The van der Waals surface area contributed by atoms with E-state index in [1.54, 1.807) is 0 Å². The quantitative estimate of drug-likeness (QED) is 0.762. The first-order valence-electron chi connectivity index (χ1n) is 9.38. The van der Waals surface area contributed by atoms with Crippen molar-refractivity contribution in [2.75, 3.05) is 13.1 Å². The van der Waals surface area contributed by atoms with Gasteiger partial charge in [-0.25, -0.2) is 9.18 Å². The van der Waals surface area contributed by atoms with Crippen molar-refractivity contribution < 1.29 is 13.9 Å². The number of carbonyl (C=O) groups is 1. The summed E-state index contributed by atoms with van der Waals surface area (Å²) in [6.45, 7) is 1.62. The van der Waals surface area contributed by atoms with Gasteiger partial charge in [-0.2, -0.15) is 0 Å². The molecule has 1 saturated heterocycles. The summed E-state index contributed by atoms with van der Waals surface area (Å²) in [5.74, 6) is -1.22. The molecule has 2 aromatic rings. The number of piperidine rings is 1. The normalized spacial score (nSPS) is 17.4. The Balaban J connectivity index is 1.68. The molecule has 2 aromatic carbocycles. The third kappa shape index (κ3) is 5.15. The Labute approximate surface area is 154 Å². The summed E-state index contributed by atoms with van der Waals surface area (Å²) in [6, 6.07) is 19.4. The molecule has 1 aliphatic heterocycles. The van der Waals surface area contributed by atoms with Crippen LogP contribution in [0.4, 0.5) is 4.39 Å². The van der Waals surface area contributed by atoms with Crippen LogP contribution in [0.1, 0.15) is 36.3 Å². The Bertz CT molecular complexity index is 671. The van der Waals surface area contributed by atoms with Crippen LogP contribution in [-0.4, -0.2) is 31.3 Å². The van der Waals surface area contributed by atoms with E-state index in [0.29, 0.717) is 6.42 Å². The average Bonchev–Trinajstić information content (AvgIpc) is 2.70. The van der Waals surface area contributed by atoms with Gasteiger partial charge in [-0.15, -0.1) is 0 Å². The maximum atomic E-state index is 15.1. The highest BCUT2D eigenvalue weighted by Crippen LogP contribution is 2.29. The molecule has 1 N–H and O–H groups in total. The van der Waals surface area contributed by atoms with Crippen molar-refractivity contribution in [2.45, 2.75) is 43.9 Å². The topological polar surface area (TPSA) is 38.3 Å². The number of esters is 1. The largest absolute Gasteiger partial charge is 0.460 e. The SMILES string of the molecule is O=C(OC1CCNCC1)C(F)C(CCc1ccccc1)c1ccccc1. The fraction of sp³-hybridized carbons (Fsp3) is 0.409. The summed E-state index contributed by atoms with van der Waals surface area (Å²) in [5, 5.41) is 3.22. The second kappa shape index (κ2) is 9.48. The molecule has 1 fully saturated rings. The molecule has 2 atom stereocenters. The summed E-state index contributed by atoms with van der Waals surface area (Å²) < 4.78 is 20.6. The monoisotopic (exact) mass is 355 g/mol. The smallest absolute Gasteiger partial charge is 0.341 e. The summed E-state index contributed by atoms with van der Waals surface area (Å²) in [7, 11) is 0. The molecular weight excluding hydrogens is 329 g/mol. The lowest BCUT2D eigenvalue weighted by Gasteiger charge is -2.26. The Morgan fingerprint density at radius 1 is 1.04 bits per heavy atom. The summed E-state index contributed by atoms with van der Waals surface area (Å²) in [6.07, 6.45) is 0.970. The van der Waals surface area contributed by atoms with Gasteiger partial charge in [0.15, 0.2) is 0 Å². The summed E-state index contributed by atoms with van der Waals surface area (Å²) >= 11 is 0. The van der Waals surface area contributed by atoms with Gasteiger partial charge in [0.05, 0.1) is 0 Å². The maximum absolute atomic E-state index is 15.1. The Kier molecular flexibility index (Phi) is 6.78. The second-order valence-electron chi connectivity index (χ2n) is 6.83. The van der Waals surface area contributed by atoms with Gasteiger partial charge in [0.2, 0.25) is 6.17 Å². The van der Waals surface area contributed by atoms with E-state index in [1.807, 2.05) is 60.7 Å². The molecule has 0 bridgehead atoms. The Morgan fingerprint density at radius 3 is 2.31 bits per heavy atom. The fourth-order valence-electron chi connectivity index (χ4n) is 3.46. The van der Waals surface area contributed by atoms with E-state index in [0.717, 1.165) is 43.5 Å². The maximum Gasteiger partial charge on any atom is 0.341 e. The molecule has 1 heterocycles. The van der Waals surface area contributed by atoms with Crippen LogP contribution in [0.2, 0.25) is 0 Å². The van der Waals surface area contributed by atoms with Gasteiger partial charge in [-0.1, -0.05) is 60.7 Å². The fourth-order valence-corrected chi connectivity index (χ4v) is 3.46. The number of hydrogen-bond acceptors (Lipinski definition) is 3. The van der Waals surface area contributed by atoms with Crippen molar-refractivity contribution in [2.24, 2.45) is 0 Å². The molecule has 4 heteroatoms. The van der Waals surface area contributed by atoms with Gasteiger partial charge in [-0.3, -0.25) is 0 Å². The number of rotatable bonds is 7. The van der Waals surface area contributed by atoms with Crippen LogP contribution in [0.15, 0.2) is 60.7 Å². The predicted octanol–water partition coefficient (Wildman–Crippen LogP) is 4.04. The average molecular weight is 355 g/mol. The van der Waals surface area contributed by atoms with Crippen molar-refractivity contribution >= 4 is 5.97 Å². The lowest BCUT2D eigenvalue weighted by Crippen LogP contribution is -2.37. The first-order valence-corrected chi connectivity index (χ1v) is 9.38. The lowest BCUT2D eigenvalue weighted by atomic mass is 9.88. The number of nitrogens with one attached hydrogen (secondary N) is 1. The zero-order chi connectivity index (χ0) is 18.2. The van der Waals surface area contributed by atoms with E-state index in [4.69, 9.17) is 4.74 Å². The van der Waals surface area contributed by atoms with E-state index < -0.39 is 18.1 Å². The lowest BCUT2D eigenvalue weighted by molar-refractivity contribution is -0.157. The number of aryl methyl sites for hydroxylation is 1. The molecule has 1 aliphatic rings. The van der Waals surface area contributed by atoms with Crippen LogP contribution in [0.3, 0.4) is 0 Å². The molecule has 2 unspecified atom stereocenters. The molecule has 0 aliphatic carbocycles. The molecule has 26 heavy (non-hydrogen) atoms. The number of benzene rings is 2. The van der Waals surface area contributed by atoms with Crippen molar-refractivity contribution in [3.63, 3.8) is 0 Å². The minimum absolute atomic E-state index is 0.174. The molecule has 0 amide bonds. The predicted molar refractivity (Wildman–Crippen MR) is 101 cm³/mol. The van der Waals surface area contributed by atoms with Crippen LogP contribution in [-0.2, 0) is 16.0 Å². The number of hydrogen-bond donors (Lipinski definition) is 1. The highest BCUT2D eigenvalue weighted by atomic mass is 19.1. The Hall–Kier alpha value is -2.20. The van der Waals surface area contributed by atoms with E-state index in [2.05, 4.69) is 5.32 Å². The number of ether oxygens (including phenoxy) is 1. The molecule has 0 spiro atoms. The van der Waals surface area contributed by atoms with Crippen molar-refractivity contribution in [3.8, 4) is 0 Å². The minimum Gasteiger partial charge on any atom is -0.460 e. The van der Waals surface area contributed by atoms with Crippen molar-refractivity contribution in [1.82, 2.24) is 5.32 Å². The Morgan fingerprint density at radius 2 is 1.65 bits per heavy atom. The highest BCUT2D eigenvalue weighted by Gasteiger charge is 2.32. The molecule has 3 rings (SSSR count). The van der Waals surface area contributed by atoms with Crippen molar-refractivity contribution in [3.05, 3.63) is 71.8 Å². The van der Waals surface area contributed by atoms with E-state index >= 15 is 4.39 Å². The van der Waals surface area contributed by atoms with Gasteiger partial charge in [-0.05, 0) is 49.9 Å². The molecule has 0 saturated carbocycles. The number of alkyl halides is 1. The van der Waals surface area contributed by atoms with E-state index in [-0.39, 0.29) is 6.10 Å². The number of carbonyl (C=O) groups excluding carboxylic acids is 1. The molecule has 0 aromatic heterocycles. The zero-order valence-electron chi connectivity index (χ0n) is 14.9. The van der Waals surface area contributed by atoms with Gasteiger partial charge < -0.3 is 10.1 Å². The molecule has 3 nitrogen and oxygen atoms in total. The second-order valence-corrected chi connectivity index (χ2v) is 6.83. The van der Waals surface area contributed by atoms with Crippen LogP contribution in [0.25, 0.3) is 0 Å². The van der Waals surface area contributed by atoms with E-state index in [9.17, 15) is 4.79 Å². The minimum atomic E-state index is -1.64. The molecule has 0 radical (unpaired) electrons. The van der Waals surface area contributed by atoms with Gasteiger partial charge in [0.1, 0.15) is 6.10 Å². The third-order valence-electron chi connectivity index (χ3n) is 4.96. The molecule has 138 valence electrons. The van der Waals surface area contributed by atoms with Crippen LogP contribution >= 0.6 is 0 Å². The first-order chi connectivity index (χ1) is 12.7. The van der Waals surface area contributed by atoms with Crippen LogP contribution in [0.5, 0.6) is 0 Å². The number of halogens is 1. The van der Waals surface area contributed by atoms with E-state index in [1.165, 1.54) is 0 Å². The van der Waals surface area contributed by atoms with Crippen LogP contribution < -0.4 is 5.32 Å². The summed E-state index contributed by atoms with van der Waals surface area (Å²) in [4.78, 5) is 12.4. The van der Waals surface area contributed by atoms with Gasteiger partial charge >= 0.3 is 5.97 Å².